The lowest BCUT2D eigenvalue weighted by molar-refractivity contribution is 0.0972. The molecule has 1 aromatic rings. The van der Waals surface area contributed by atoms with Crippen LogP contribution in [-0.4, -0.2) is 35.8 Å². The molecule has 1 saturated heterocycles. The van der Waals surface area contributed by atoms with Crippen molar-refractivity contribution in [3.8, 4) is 0 Å². The van der Waals surface area contributed by atoms with Crippen LogP contribution in [0.3, 0.4) is 0 Å². The molecule has 0 N–H and O–H groups in total. The molecule has 7 heteroatoms. The minimum Gasteiger partial charge on any atom is -0.331 e. The molecular weight excluding hydrogens is 244 g/mol. The number of carbonyl (C=O) groups excluding carboxylic acids is 1. The lowest BCUT2D eigenvalue weighted by Gasteiger charge is -2.20. The molecule has 1 aliphatic heterocycles. The molecule has 0 spiro atoms. The van der Waals surface area contributed by atoms with Gasteiger partial charge in [0.1, 0.15) is 0 Å². The number of hydrogen-bond acceptors (Lipinski definition) is 6. The van der Waals surface area contributed by atoms with E-state index in [-0.39, 0.29) is 29.1 Å². The van der Waals surface area contributed by atoms with Crippen LogP contribution in [0.15, 0.2) is 4.52 Å². The second-order valence-electron chi connectivity index (χ2n) is 4.40. The summed E-state index contributed by atoms with van der Waals surface area (Å²) in [6.07, 6.45) is 1.99. The zero-order valence-electron chi connectivity index (χ0n) is 9.55. The molecule has 1 aliphatic rings. The molecule has 0 bridgehead atoms. The van der Waals surface area contributed by atoms with Crippen LogP contribution in [0, 0.1) is 5.92 Å². The van der Waals surface area contributed by atoms with Gasteiger partial charge >= 0.3 is 0 Å². The third-order valence-corrected chi connectivity index (χ3v) is 4.69. The van der Waals surface area contributed by atoms with Crippen LogP contribution in [-0.2, 0) is 16.3 Å². The number of sulfone groups is 1. The van der Waals surface area contributed by atoms with Crippen LogP contribution in [0.4, 0.5) is 0 Å². The van der Waals surface area contributed by atoms with Crippen LogP contribution in [0.2, 0.25) is 0 Å². The smallest absolute Gasteiger partial charge is 0.293 e. The van der Waals surface area contributed by atoms with E-state index in [0.717, 1.165) is 6.42 Å². The van der Waals surface area contributed by atoms with E-state index in [1.54, 1.807) is 0 Å². The Bertz CT molecular complexity index is 520. The Morgan fingerprint density at radius 1 is 1.53 bits per heavy atom. The van der Waals surface area contributed by atoms with Crippen LogP contribution in [0.25, 0.3) is 0 Å². The maximum absolute atomic E-state index is 11.4. The van der Waals surface area contributed by atoms with Crippen molar-refractivity contribution < 1.29 is 17.7 Å². The second-order valence-corrected chi connectivity index (χ2v) is 6.63. The van der Waals surface area contributed by atoms with Crippen molar-refractivity contribution in [1.29, 1.82) is 0 Å². The van der Waals surface area contributed by atoms with Gasteiger partial charge in [-0.15, -0.1) is 0 Å². The van der Waals surface area contributed by atoms with E-state index < -0.39 is 9.84 Å². The zero-order chi connectivity index (χ0) is 12.5. The van der Waals surface area contributed by atoms with Gasteiger partial charge in [0.25, 0.3) is 5.89 Å². The molecule has 2 heterocycles. The number of ketones is 1. The fraction of sp³-hybridized carbons (Fsp3) is 0.700. The van der Waals surface area contributed by atoms with Gasteiger partial charge in [0.2, 0.25) is 5.78 Å². The Balaban J connectivity index is 2.03. The number of Topliss-reactive ketones (excluding diaryl/α,β-unsaturated/α-hetero) is 1. The molecule has 17 heavy (non-hydrogen) atoms. The largest absolute Gasteiger partial charge is 0.331 e. The van der Waals surface area contributed by atoms with E-state index in [9.17, 15) is 13.2 Å². The molecule has 0 radical (unpaired) electrons. The van der Waals surface area contributed by atoms with E-state index in [1.807, 2.05) is 0 Å². The van der Waals surface area contributed by atoms with E-state index in [1.165, 1.54) is 6.92 Å². The van der Waals surface area contributed by atoms with Gasteiger partial charge in [0, 0.05) is 13.3 Å². The van der Waals surface area contributed by atoms with Crippen LogP contribution in [0.5, 0.6) is 0 Å². The lowest BCUT2D eigenvalue weighted by atomic mass is 10.0. The summed E-state index contributed by atoms with van der Waals surface area (Å²) in [5.74, 6) is 0.605. The predicted octanol–water partition coefficient (Wildman–Crippen LogP) is 0.639. The molecule has 0 aliphatic carbocycles. The molecule has 6 nitrogen and oxygen atoms in total. The van der Waals surface area contributed by atoms with Gasteiger partial charge in [0.05, 0.1) is 11.5 Å². The lowest BCUT2D eigenvalue weighted by Crippen LogP contribution is -2.26. The first-order valence-electron chi connectivity index (χ1n) is 5.50. The molecule has 2 rings (SSSR count). The topological polar surface area (TPSA) is 90.1 Å². The SMILES string of the molecule is CC(=O)c1nc(CC2CCCS(=O)(=O)C2)no1. The molecule has 1 aromatic heterocycles. The van der Waals surface area contributed by atoms with Crippen molar-refractivity contribution in [3.63, 3.8) is 0 Å². The standard InChI is InChI=1S/C10H14N2O4S/c1-7(13)10-11-9(12-16-10)5-8-3-2-4-17(14,15)6-8/h8H,2-6H2,1H3. The summed E-state index contributed by atoms with van der Waals surface area (Å²) in [4.78, 5) is 14.9. The summed E-state index contributed by atoms with van der Waals surface area (Å²) in [5.41, 5.74) is 0. The third kappa shape index (κ3) is 3.12. The molecule has 1 unspecified atom stereocenters. The minimum atomic E-state index is -2.91. The summed E-state index contributed by atoms with van der Waals surface area (Å²) in [6, 6.07) is 0. The number of carbonyl (C=O) groups is 1. The Kier molecular flexibility index (Phi) is 3.28. The van der Waals surface area contributed by atoms with Gasteiger partial charge in [-0.3, -0.25) is 4.79 Å². The number of nitrogens with zero attached hydrogens (tertiary/aromatic N) is 2. The van der Waals surface area contributed by atoms with Gasteiger partial charge in [-0.25, -0.2) is 8.42 Å². The highest BCUT2D eigenvalue weighted by atomic mass is 32.2. The minimum absolute atomic E-state index is 0.0151. The monoisotopic (exact) mass is 258 g/mol. The Morgan fingerprint density at radius 2 is 2.29 bits per heavy atom. The average Bonchev–Trinajstić information content (AvgIpc) is 2.64. The van der Waals surface area contributed by atoms with Crippen molar-refractivity contribution in [2.24, 2.45) is 5.92 Å². The summed E-state index contributed by atoms with van der Waals surface area (Å²) < 4.78 is 27.7. The zero-order valence-corrected chi connectivity index (χ0v) is 10.4. The number of aromatic nitrogens is 2. The molecule has 1 fully saturated rings. The number of rotatable bonds is 3. The fourth-order valence-corrected chi connectivity index (χ4v) is 3.79. The average molecular weight is 258 g/mol. The second kappa shape index (κ2) is 4.56. The fourth-order valence-electron chi connectivity index (χ4n) is 2.02. The first kappa shape index (κ1) is 12.2. The molecule has 0 saturated carbocycles. The van der Waals surface area contributed by atoms with Crippen molar-refractivity contribution in [3.05, 3.63) is 11.7 Å². The van der Waals surface area contributed by atoms with Gasteiger partial charge in [0.15, 0.2) is 15.7 Å². The predicted molar refractivity (Wildman–Crippen MR) is 59.4 cm³/mol. The normalized spacial score (nSPS) is 23.5. The van der Waals surface area contributed by atoms with Gasteiger partial charge in [-0.2, -0.15) is 4.98 Å². The molecular formula is C10H14N2O4S. The first-order chi connectivity index (χ1) is 7.96. The van der Waals surface area contributed by atoms with Crippen molar-refractivity contribution in [2.75, 3.05) is 11.5 Å². The maximum Gasteiger partial charge on any atom is 0.293 e. The maximum atomic E-state index is 11.4. The summed E-state index contributed by atoms with van der Waals surface area (Å²) in [5, 5.41) is 3.68. The summed E-state index contributed by atoms with van der Waals surface area (Å²) in [6.45, 7) is 1.35. The Morgan fingerprint density at radius 3 is 2.88 bits per heavy atom. The van der Waals surface area contributed by atoms with Gasteiger partial charge < -0.3 is 4.52 Å². The van der Waals surface area contributed by atoms with Crippen LogP contribution >= 0.6 is 0 Å². The van der Waals surface area contributed by atoms with Crippen molar-refractivity contribution in [2.45, 2.75) is 26.2 Å². The quantitative estimate of drug-likeness (QED) is 0.739. The summed E-state index contributed by atoms with van der Waals surface area (Å²) >= 11 is 0. The van der Waals surface area contributed by atoms with E-state index >= 15 is 0 Å². The van der Waals surface area contributed by atoms with Crippen LogP contribution in [0.1, 0.15) is 36.3 Å². The molecule has 94 valence electrons. The molecule has 0 aromatic carbocycles. The summed E-state index contributed by atoms with van der Waals surface area (Å²) in [7, 11) is -2.91. The van der Waals surface area contributed by atoms with Gasteiger partial charge in [-0.05, 0) is 18.8 Å². The highest BCUT2D eigenvalue weighted by molar-refractivity contribution is 7.91. The Hall–Kier alpha value is -1.24. The highest BCUT2D eigenvalue weighted by Gasteiger charge is 2.26. The third-order valence-electron chi connectivity index (χ3n) is 2.80. The van der Waals surface area contributed by atoms with Crippen molar-refractivity contribution in [1.82, 2.24) is 10.1 Å². The van der Waals surface area contributed by atoms with E-state index in [0.29, 0.717) is 18.7 Å². The first-order valence-corrected chi connectivity index (χ1v) is 7.32. The van der Waals surface area contributed by atoms with E-state index in [2.05, 4.69) is 10.1 Å². The number of hydrogen-bond donors (Lipinski definition) is 0. The molecule has 1 atom stereocenters. The molecule has 0 amide bonds. The van der Waals surface area contributed by atoms with E-state index in [4.69, 9.17) is 4.52 Å². The van der Waals surface area contributed by atoms with Crippen molar-refractivity contribution >= 4 is 15.6 Å². The highest BCUT2D eigenvalue weighted by Crippen LogP contribution is 2.21. The van der Waals surface area contributed by atoms with Gasteiger partial charge in [-0.1, -0.05) is 5.16 Å². The van der Waals surface area contributed by atoms with Crippen LogP contribution < -0.4 is 0 Å². The Labute approximate surface area is 99.3 Å².